The molecular formula is C17H29N2O+. The molecule has 0 unspecified atom stereocenters. The number of amides is 1. The standard InChI is InChI=1S/C17H28N2O/c1-5-6-7-14-8-10-15(11-9-14)16(12(2)3)19-13(4)17(18)20/h8-13,16,19H,5-7H2,1-4H3,(H2,18,20)/p+1/t13-,16-/m0/s1. The fourth-order valence-corrected chi connectivity index (χ4v) is 2.41. The Hall–Kier alpha value is -1.35. The Bertz CT molecular complexity index is 412. The first kappa shape index (κ1) is 16.7. The first-order valence-electron chi connectivity index (χ1n) is 7.68. The molecule has 0 saturated heterocycles. The average Bonchev–Trinajstić information content (AvgIpc) is 2.42. The SMILES string of the molecule is CCCCc1ccc([C@@H]([NH2+][C@@H](C)C(N)=O)C(C)C)cc1. The summed E-state index contributed by atoms with van der Waals surface area (Å²) in [6.07, 6.45) is 3.60. The van der Waals surface area contributed by atoms with Crippen LogP contribution < -0.4 is 11.1 Å². The molecule has 0 aliphatic heterocycles. The summed E-state index contributed by atoms with van der Waals surface area (Å²) in [4.78, 5) is 11.3. The number of quaternary nitrogens is 1. The second kappa shape index (κ2) is 8.05. The Labute approximate surface area is 122 Å². The Kier molecular flexibility index (Phi) is 6.73. The maximum absolute atomic E-state index is 11.3. The average molecular weight is 277 g/mol. The van der Waals surface area contributed by atoms with Crippen LogP contribution in [0.25, 0.3) is 0 Å². The zero-order valence-corrected chi connectivity index (χ0v) is 13.2. The molecular weight excluding hydrogens is 248 g/mol. The minimum atomic E-state index is -0.254. The highest BCUT2D eigenvalue weighted by Gasteiger charge is 2.24. The first-order valence-corrected chi connectivity index (χ1v) is 7.68. The molecule has 3 heteroatoms. The van der Waals surface area contributed by atoms with Crippen LogP contribution >= 0.6 is 0 Å². The van der Waals surface area contributed by atoms with Crippen molar-refractivity contribution in [2.75, 3.05) is 0 Å². The molecule has 3 nitrogen and oxygen atoms in total. The summed E-state index contributed by atoms with van der Waals surface area (Å²) < 4.78 is 0. The number of benzene rings is 1. The van der Waals surface area contributed by atoms with Crippen molar-refractivity contribution in [1.29, 1.82) is 0 Å². The molecule has 1 aromatic rings. The van der Waals surface area contributed by atoms with Gasteiger partial charge in [0, 0.05) is 11.5 Å². The number of carbonyl (C=O) groups excluding carboxylic acids is 1. The van der Waals surface area contributed by atoms with Gasteiger partial charge in [0.2, 0.25) is 0 Å². The smallest absolute Gasteiger partial charge is 0.275 e. The number of hydrogen-bond donors (Lipinski definition) is 2. The minimum absolute atomic E-state index is 0.192. The number of hydrogen-bond acceptors (Lipinski definition) is 1. The molecule has 2 atom stereocenters. The van der Waals surface area contributed by atoms with Gasteiger partial charge in [-0.25, -0.2) is 0 Å². The molecule has 20 heavy (non-hydrogen) atoms. The summed E-state index contributed by atoms with van der Waals surface area (Å²) in [6, 6.07) is 8.89. The number of primary amides is 1. The van der Waals surface area contributed by atoms with Crippen molar-refractivity contribution < 1.29 is 10.1 Å². The van der Waals surface area contributed by atoms with Crippen molar-refractivity contribution in [3.63, 3.8) is 0 Å². The lowest BCUT2D eigenvalue weighted by Gasteiger charge is -2.22. The highest BCUT2D eigenvalue weighted by atomic mass is 16.1. The molecule has 4 N–H and O–H groups in total. The number of aryl methyl sites for hydroxylation is 1. The van der Waals surface area contributed by atoms with E-state index in [2.05, 4.69) is 50.4 Å². The van der Waals surface area contributed by atoms with Crippen LogP contribution in [0.1, 0.15) is 57.7 Å². The topological polar surface area (TPSA) is 59.7 Å². The molecule has 0 bridgehead atoms. The summed E-state index contributed by atoms with van der Waals surface area (Å²) in [7, 11) is 0. The predicted molar refractivity (Wildman–Crippen MR) is 83.2 cm³/mol. The fraction of sp³-hybridized carbons (Fsp3) is 0.588. The van der Waals surface area contributed by atoms with Gasteiger partial charge in [0.25, 0.3) is 5.91 Å². The van der Waals surface area contributed by atoms with Crippen molar-refractivity contribution in [3.8, 4) is 0 Å². The molecule has 1 aromatic carbocycles. The predicted octanol–water partition coefficient (Wildman–Crippen LogP) is 2.16. The van der Waals surface area contributed by atoms with E-state index in [0.29, 0.717) is 5.92 Å². The van der Waals surface area contributed by atoms with E-state index >= 15 is 0 Å². The zero-order chi connectivity index (χ0) is 15.1. The molecule has 1 rings (SSSR count). The Balaban J connectivity index is 2.79. The summed E-state index contributed by atoms with van der Waals surface area (Å²) in [5.41, 5.74) is 8.03. The lowest BCUT2D eigenvalue weighted by atomic mass is 9.94. The molecule has 0 fully saturated rings. The normalized spacial score (nSPS) is 14.2. The van der Waals surface area contributed by atoms with Gasteiger partial charge in [-0.05, 0) is 25.3 Å². The van der Waals surface area contributed by atoms with Gasteiger partial charge >= 0.3 is 0 Å². The van der Waals surface area contributed by atoms with Gasteiger partial charge in [-0.3, -0.25) is 4.79 Å². The molecule has 112 valence electrons. The van der Waals surface area contributed by atoms with E-state index in [1.54, 1.807) is 0 Å². The van der Waals surface area contributed by atoms with Gasteiger partial charge in [0.15, 0.2) is 6.04 Å². The third kappa shape index (κ3) is 4.97. The summed E-state index contributed by atoms with van der Waals surface area (Å²) in [5, 5.41) is 2.08. The number of carbonyl (C=O) groups is 1. The maximum Gasteiger partial charge on any atom is 0.275 e. The van der Waals surface area contributed by atoms with Crippen LogP contribution in [0.15, 0.2) is 24.3 Å². The number of nitrogens with two attached hydrogens (primary N) is 2. The van der Waals surface area contributed by atoms with Crippen molar-refractivity contribution in [3.05, 3.63) is 35.4 Å². The van der Waals surface area contributed by atoms with Crippen molar-refractivity contribution in [2.24, 2.45) is 11.7 Å². The third-order valence-corrected chi connectivity index (χ3v) is 3.85. The maximum atomic E-state index is 11.3. The van der Waals surface area contributed by atoms with E-state index in [-0.39, 0.29) is 18.0 Å². The molecule has 0 radical (unpaired) electrons. The van der Waals surface area contributed by atoms with Crippen LogP contribution in [0.2, 0.25) is 0 Å². The minimum Gasteiger partial charge on any atom is -0.365 e. The molecule has 0 heterocycles. The van der Waals surface area contributed by atoms with Gasteiger partial charge in [-0.1, -0.05) is 51.5 Å². The van der Waals surface area contributed by atoms with E-state index in [1.807, 2.05) is 6.92 Å². The third-order valence-electron chi connectivity index (χ3n) is 3.85. The second-order valence-electron chi connectivity index (χ2n) is 6.00. The van der Waals surface area contributed by atoms with E-state index in [9.17, 15) is 4.79 Å². The van der Waals surface area contributed by atoms with Crippen molar-refractivity contribution in [1.82, 2.24) is 0 Å². The molecule has 0 aromatic heterocycles. The number of unbranched alkanes of at least 4 members (excludes halogenated alkanes) is 1. The molecule has 0 spiro atoms. The van der Waals surface area contributed by atoms with Crippen LogP contribution in [-0.2, 0) is 11.2 Å². The van der Waals surface area contributed by atoms with Gasteiger partial charge in [-0.15, -0.1) is 0 Å². The molecule has 1 amide bonds. The molecule has 0 aliphatic rings. The number of rotatable bonds is 8. The van der Waals surface area contributed by atoms with E-state index in [0.717, 1.165) is 6.42 Å². The highest BCUT2D eigenvalue weighted by molar-refractivity contribution is 5.77. The van der Waals surface area contributed by atoms with Crippen LogP contribution in [0.5, 0.6) is 0 Å². The highest BCUT2D eigenvalue weighted by Crippen LogP contribution is 2.19. The summed E-state index contributed by atoms with van der Waals surface area (Å²) in [6.45, 7) is 8.44. The zero-order valence-electron chi connectivity index (χ0n) is 13.2. The van der Waals surface area contributed by atoms with E-state index in [1.165, 1.54) is 24.0 Å². The Morgan fingerprint density at radius 1 is 1.20 bits per heavy atom. The van der Waals surface area contributed by atoms with Crippen molar-refractivity contribution in [2.45, 2.75) is 59.0 Å². The van der Waals surface area contributed by atoms with Gasteiger partial charge in [0.1, 0.15) is 6.04 Å². The lowest BCUT2D eigenvalue weighted by Crippen LogP contribution is -2.93. The van der Waals surface area contributed by atoms with Gasteiger partial charge in [-0.2, -0.15) is 0 Å². The second-order valence-corrected chi connectivity index (χ2v) is 6.00. The Morgan fingerprint density at radius 3 is 2.25 bits per heavy atom. The van der Waals surface area contributed by atoms with Crippen LogP contribution in [-0.4, -0.2) is 11.9 Å². The van der Waals surface area contributed by atoms with Gasteiger partial charge < -0.3 is 11.1 Å². The molecule has 0 saturated carbocycles. The Morgan fingerprint density at radius 2 is 1.80 bits per heavy atom. The summed E-state index contributed by atoms with van der Waals surface area (Å²) >= 11 is 0. The summed E-state index contributed by atoms with van der Waals surface area (Å²) in [5.74, 6) is 0.202. The van der Waals surface area contributed by atoms with E-state index in [4.69, 9.17) is 5.73 Å². The lowest BCUT2D eigenvalue weighted by molar-refractivity contribution is -0.719. The fourth-order valence-electron chi connectivity index (χ4n) is 2.41. The first-order chi connectivity index (χ1) is 9.45. The quantitative estimate of drug-likeness (QED) is 0.751. The van der Waals surface area contributed by atoms with E-state index < -0.39 is 0 Å². The van der Waals surface area contributed by atoms with Crippen LogP contribution in [0.3, 0.4) is 0 Å². The van der Waals surface area contributed by atoms with Crippen LogP contribution in [0.4, 0.5) is 0 Å². The van der Waals surface area contributed by atoms with Crippen LogP contribution in [0, 0.1) is 5.92 Å². The van der Waals surface area contributed by atoms with Crippen molar-refractivity contribution >= 4 is 5.91 Å². The largest absolute Gasteiger partial charge is 0.365 e. The molecule has 0 aliphatic carbocycles. The van der Waals surface area contributed by atoms with Gasteiger partial charge in [0.05, 0.1) is 0 Å². The monoisotopic (exact) mass is 277 g/mol.